The largest absolute Gasteiger partial charge is 0.481 e. The van der Waals surface area contributed by atoms with Gasteiger partial charge in [0.15, 0.2) is 0 Å². The molecule has 0 saturated carbocycles. The topological polar surface area (TPSA) is 112 Å². The van der Waals surface area contributed by atoms with E-state index in [1.807, 2.05) is 0 Å². The number of benzene rings is 1. The molecule has 1 aromatic heterocycles. The zero-order valence-electron chi connectivity index (χ0n) is 10.5. The van der Waals surface area contributed by atoms with Crippen molar-refractivity contribution in [1.29, 1.82) is 0 Å². The first-order valence-electron chi connectivity index (χ1n) is 6.02. The summed E-state index contributed by atoms with van der Waals surface area (Å²) >= 11 is 0. The van der Waals surface area contributed by atoms with E-state index in [1.54, 1.807) is 12.1 Å². The number of rotatable bonds is 6. The summed E-state index contributed by atoms with van der Waals surface area (Å²) in [5, 5.41) is 21.1. The number of hydrogen-bond donors (Lipinski definition) is 3. The second-order valence-electron chi connectivity index (χ2n) is 4.15. The zero-order valence-corrected chi connectivity index (χ0v) is 10.5. The molecule has 2 aromatic rings. The second-order valence-corrected chi connectivity index (χ2v) is 4.15. The molecule has 0 unspecified atom stereocenters. The molecule has 1 aromatic carbocycles. The van der Waals surface area contributed by atoms with E-state index >= 15 is 0 Å². The fourth-order valence-electron chi connectivity index (χ4n) is 1.87. The van der Waals surface area contributed by atoms with Crippen LogP contribution < -0.4 is 5.32 Å². The molecule has 2 rings (SSSR count). The average Bonchev–Trinajstić information content (AvgIpc) is 2.42. The van der Waals surface area contributed by atoms with Crippen LogP contribution in [0.3, 0.4) is 0 Å². The first-order chi connectivity index (χ1) is 9.59. The molecule has 0 bridgehead atoms. The van der Waals surface area contributed by atoms with Crippen molar-refractivity contribution in [2.45, 2.75) is 12.8 Å². The molecule has 0 atom stereocenters. The number of anilines is 1. The Bertz CT molecular complexity index is 652. The maximum absolute atomic E-state index is 11.2. The van der Waals surface area contributed by atoms with Gasteiger partial charge in [0.2, 0.25) is 0 Å². The van der Waals surface area contributed by atoms with Crippen LogP contribution in [0.25, 0.3) is 10.9 Å². The number of fused-ring (bicyclic) bond motifs is 1. The highest BCUT2D eigenvalue weighted by Gasteiger charge is 2.13. The zero-order chi connectivity index (χ0) is 14.5. The van der Waals surface area contributed by atoms with Gasteiger partial charge in [-0.2, -0.15) is 0 Å². The summed E-state index contributed by atoms with van der Waals surface area (Å²) < 4.78 is 0. The number of carboxylic acid groups (broad SMARTS) is 2. The smallest absolute Gasteiger partial charge is 0.336 e. The third-order valence-electron chi connectivity index (χ3n) is 2.75. The molecule has 104 valence electrons. The van der Waals surface area contributed by atoms with E-state index in [4.69, 9.17) is 5.11 Å². The monoisotopic (exact) mass is 275 g/mol. The second kappa shape index (κ2) is 5.96. The molecular weight excluding hydrogens is 262 g/mol. The number of hydrogen-bond acceptors (Lipinski definition) is 5. The minimum Gasteiger partial charge on any atom is -0.481 e. The Hall–Kier alpha value is -2.70. The van der Waals surface area contributed by atoms with Crippen LogP contribution in [0.1, 0.15) is 23.2 Å². The summed E-state index contributed by atoms with van der Waals surface area (Å²) in [5.74, 6) is -1.53. The van der Waals surface area contributed by atoms with Crippen molar-refractivity contribution in [2.24, 2.45) is 0 Å². The summed E-state index contributed by atoms with van der Waals surface area (Å²) in [4.78, 5) is 29.7. The molecule has 7 nitrogen and oxygen atoms in total. The quantitative estimate of drug-likeness (QED) is 0.686. The number of aromatic nitrogens is 2. The van der Waals surface area contributed by atoms with Gasteiger partial charge in [0, 0.05) is 13.0 Å². The maximum atomic E-state index is 11.2. The predicted molar refractivity (Wildman–Crippen MR) is 71.9 cm³/mol. The molecule has 0 fully saturated rings. The van der Waals surface area contributed by atoms with Gasteiger partial charge in [0.25, 0.3) is 0 Å². The molecule has 0 radical (unpaired) electrons. The van der Waals surface area contributed by atoms with Crippen molar-refractivity contribution in [3.63, 3.8) is 0 Å². The number of nitrogens with zero attached hydrogens (tertiary/aromatic N) is 2. The van der Waals surface area contributed by atoms with E-state index in [-0.39, 0.29) is 12.0 Å². The van der Waals surface area contributed by atoms with Crippen LogP contribution in [-0.2, 0) is 4.79 Å². The third-order valence-corrected chi connectivity index (χ3v) is 2.75. The number of nitrogens with one attached hydrogen (secondary N) is 1. The van der Waals surface area contributed by atoms with E-state index in [1.165, 1.54) is 12.4 Å². The van der Waals surface area contributed by atoms with Crippen molar-refractivity contribution >= 4 is 28.7 Å². The summed E-state index contributed by atoms with van der Waals surface area (Å²) in [6.07, 6.45) is 1.81. The van der Waals surface area contributed by atoms with Gasteiger partial charge in [0.1, 0.15) is 12.1 Å². The number of carbonyl (C=O) groups is 2. The molecule has 0 spiro atoms. The fourth-order valence-corrected chi connectivity index (χ4v) is 1.87. The van der Waals surface area contributed by atoms with Gasteiger partial charge < -0.3 is 15.5 Å². The Kier molecular flexibility index (Phi) is 4.09. The first-order valence-corrected chi connectivity index (χ1v) is 6.02. The van der Waals surface area contributed by atoms with Crippen LogP contribution in [-0.4, -0.2) is 38.7 Å². The van der Waals surface area contributed by atoms with Crippen molar-refractivity contribution in [3.05, 3.63) is 30.1 Å². The summed E-state index contributed by atoms with van der Waals surface area (Å²) in [6, 6.07) is 4.80. The van der Waals surface area contributed by atoms with Crippen molar-refractivity contribution in [2.75, 3.05) is 11.9 Å². The predicted octanol–water partition coefficient (Wildman–Crippen LogP) is 1.60. The molecule has 1 heterocycles. The Labute approximate surface area is 114 Å². The average molecular weight is 275 g/mol. The molecule has 0 aliphatic rings. The Morgan fingerprint density at radius 3 is 2.70 bits per heavy atom. The van der Waals surface area contributed by atoms with Crippen LogP contribution in [0.15, 0.2) is 24.5 Å². The Morgan fingerprint density at radius 2 is 2.00 bits per heavy atom. The van der Waals surface area contributed by atoms with Gasteiger partial charge in [0.05, 0.1) is 16.5 Å². The minimum absolute atomic E-state index is 0.0435. The molecular formula is C13H13N3O4. The van der Waals surface area contributed by atoms with Crippen LogP contribution in [0.5, 0.6) is 0 Å². The van der Waals surface area contributed by atoms with Crippen molar-refractivity contribution in [3.8, 4) is 0 Å². The third kappa shape index (κ3) is 3.00. The van der Waals surface area contributed by atoms with Crippen LogP contribution in [0.2, 0.25) is 0 Å². The summed E-state index contributed by atoms with van der Waals surface area (Å²) in [5.41, 5.74) is 0.643. The van der Waals surface area contributed by atoms with Gasteiger partial charge in [-0.1, -0.05) is 6.07 Å². The van der Waals surface area contributed by atoms with Crippen LogP contribution in [0.4, 0.5) is 5.82 Å². The number of aliphatic carboxylic acids is 1. The molecule has 0 aliphatic heterocycles. The van der Waals surface area contributed by atoms with Gasteiger partial charge >= 0.3 is 11.9 Å². The SMILES string of the molecule is O=C(O)CCCNc1ncnc2cccc(C(=O)O)c12. The molecule has 0 aliphatic carbocycles. The Morgan fingerprint density at radius 1 is 1.20 bits per heavy atom. The standard InChI is InChI=1S/C13H13N3O4/c17-10(18)5-2-6-14-12-11-8(13(19)20)3-1-4-9(11)15-7-16-12/h1,3-4,7H,2,5-6H2,(H,17,18)(H,19,20)(H,14,15,16). The number of aromatic carboxylic acids is 1. The van der Waals surface area contributed by atoms with Gasteiger partial charge in [-0.05, 0) is 18.6 Å². The van der Waals surface area contributed by atoms with Crippen molar-refractivity contribution < 1.29 is 19.8 Å². The molecule has 7 heteroatoms. The molecule has 0 amide bonds. The van der Waals surface area contributed by atoms with E-state index < -0.39 is 11.9 Å². The van der Waals surface area contributed by atoms with E-state index in [0.717, 1.165) is 0 Å². The summed E-state index contributed by atoms with van der Waals surface area (Å²) in [7, 11) is 0. The van der Waals surface area contributed by atoms with Gasteiger partial charge in [-0.3, -0.25) is 4.79 Å². The highest BCUT2D eigenvalue weighted by molar-refractivity contribution is 6.06. The molecule has 0 saturated heterocycles. The van der Waals surface area contributed by atoms with Crippen molar-refractivity contribution in [1.82, 2.24) is 9.97 Å². The maximum Gasteiger partial charge on any atom is 0.336 e. The van der Waals surface area contributed by atoms with E-state index in [2.05, 4.69) is 15.3 Å². The number of carboxylic acids is 2. The lowest BCUT2D eigenvalue weighted by molar-refractivity contribution is -0.137. The normalized spacial score (nSPS) is 10.4. The fraction of sp³-hybridized carbons (Fsp3) is 0.231. The van der Waals surface area contributed by atoms with Gasteiger partial charge in [-0.15, -0.1) is 0 Å². The molecule has 20 heavy (non-hydrogen) atoms. The highest BCUT2D eigenvalue weighted by atomic mass is 16.4. The lowest BCUT2D eigenvalue weighted by Crippen LogP contribution is -2.08. The lowest BCUT2D eigenvalue weighted by Gasteiger charge is -2.09. The van der Waals surface area contributed by atoms with Gasteiger partial charge in [-0.25, -0.2) is 14.8 Å². The Balaban J connectivity index is 2.28. The lowest BCUT2D eigenvalue weighted by atomic mass is 10.1. The minimum atomic E-state index is -1.06. The van der Waals surface area contributed by atoms with Crippen LogP contribution in [0, 0.1) is 0 Å². The van der Waals surface area contributed by atoms with Crippen LogP contribution >= 0.6 is 0 Å². The molecule has 3 N–H and O–H groups in total. The van der Waals surface area contributed by atoms with E-state index in [9.17, 15) is 14.7 Å². The summed E-state index contributed by atoms with van der Waals surface area (Å²) in [6.45, 7) is 0.395. The highest BCUT2D eigenvalue weighted by Crippen LogP contribution is 2.23. The van der Waals surface area contributed by atoms with E-state index in [0.29, 0.717) is 29.7 Å². The first kappa shape index (κ1) is 13.7.